The number of phosphoric ester groups is 2. The largest absolute Gasteiger partial charge is 0.472 e. The van der Waals surface area contributed by atoms with Gasteiger partial charge in [0.1, 0.15) is 19.3 Å². The molecule has 0 aliphatic rings. The monoisotopic (exact) mass is 1590 g/mol. The van der Waals surface area contributed by atoms with E-state index in [-0.39, 0.29) is 25.7 Å². The van der Waals surface area contributed by atoms with Crippen LogP contribution in [0.1, 0.15) is 490 Å². The highest BCUT2D eigenvalue weighted by Gasteiger charge is 2.31. The van der Waals surface area contributed by atoms with Crippen molar-refractivity contribution in [3.8, 4) is 0 Å². The van der Waals surface area contributed by atoms with Crippen molar-refractivity contribution >= 4 is 39.5 Å². The fourth-order valence-electron chi connectivity index (χ4n) is 14.1. The van der Waals surface area contributed by atoms with Gasteiger partial charge in [-0.2, -0.15) is 0 Å². The lowest BCUT2D eigenvalue weighted by atomic mass is 9.99. The molecule has 17 nitrogen and oxygen atoms in total. The van der Waals surface area contributed by atoms with Gasteiger partial charge in [-0.3, -0.25) is 37.3 Å². The topological polar surface area (TPSA) is 237 Å². The van der Waals surface area contributed by atoms with E-state index in [4.69, 9.17) is 37.0 Å². The second-order valence-corrected chi connectivity index (χ2v) is 35.5. The van der Waals surface area contributed by atoms with Gasteiger partial charge in [0.25, 0.3) is 0 Å². The number of aliphatic hydroxyl groups excluding tert-OH is 1. The Bertz CT molecular complexity index is 2070. The quantitative estimate of drug-likeness (QED) is 0.0222. The molecule has 0 aliphatic heterocycles. The van der Waals surface area contributed by atoms with Gasteiger partial charge in [-0.15, -0.1) is 0 Å². The Labute approximate surface area is 670 Å². The summed E-state index contributed by atoms with van der Waals surface area (Å²) in [4.78, 5) is 73.4. The van der Waals surface area contributed by atoms with Crippen LogP contribution < -0.4 is 0 Å². The number of unbranched alkanes of at least 4 members (excludes halogenated alkanes) is 61. The first-order chi connectivity index (χ1) is 53.1. The Kier molecular flexibility index (Phi) is 81.1. The summed E-state index contributed by atoms with van der Waals surface area (Å²) in [7, 11) is -9.93. The number of hydrogen-bond acceptors (Lipinski definition) is 15. The van der Waals surface area contributed by atoms with Crippen molar-refractivity contribution in [1.82, 2.24) is 0 Å². The van der Waals surface area contributed by atoms with Crippen molar-refractivity contribution in [2.75, 3.05) is 39.6 Å². The summed E-state index contributed by atoms with van der Waals surface area (Å²) >= 11 is 0. The molecule has 0 radical (unpaired) electrons. The summed E-state index contributed by atoms with van der Waals surface area (Å²) in [6.07, 6.45) is 77.7. The van der Waals surface area contributed by atoms with Gasteiger partial charge in [0.2, 0.25) is 0 Å². The van der Waals surface area contributed by atoms with Gasteiger partial charge in [0, 0.05) is 25.7 Å². The van der Waals surface area contributed by atoms with Gasteiger partial charge in [-0.05, 0) is 31.6 Å². The van der Waals surface area contributed by atoms with E-state index in [1.54, 1.807) is 0 Å². The maximum absolute atomic E-state index is 13.2. The van der Waals surface area contributed by atoms with Gasteiger partial charge in [-0.1, -0.05) is 439 Å². The molecule has 109 heavy (non-hydrogen) atoms. The molecule has 6 atom stereocenters. The molecule has 0 aromatic rings. The minimum atomic E-state index is -4.97. The van der Waals surface area contributed by atoms with E-state index >= 15 is 0 Å². The summed E-state index contributed by atoms with van der Waals surface area (Å²) in [5, 5.41) is 10.7. The van der Waals surface area contributed by atoms with Gasteiger partial charge in [-0.25, -0.2) is 9.13 Å². The van der Waals surface area contributed by atoms with Crippen molar-refractivity contribution < 1.29 is 80.2 Å². The normalized spacial score (nSPS) is 13.9. The minimum absolute atomic E-state index is 0.108. The van der Waals surface area contributed by atoms with E-state index in [1.807, 2.05) is 0 Å². The molecular weight excluding hydrogens is 1410 g/mol. The van der Waals surface area contributed by atoms with Gasteiger partial charge in [0.05, 0.1) is 26.4 Å². The maximum atomic E-state index is 13.2. The molecule has 0 aromatic carbocycles. The molecule has 648 valence electrons. The molecule has 0 spiro atoms. The number of ether oxygens (including phenoxy) is 4. The van der Waals surface area contributed by atoms with Gasteiger partial charge >= 0.3 is 39.5 Å². The average molecular weight is 1590 g/mol. The molecule has 0 bridgehead atoms. The standard InChI is InChI=1S/C90H176O17P2/c1-6-10-13-16-19-22-25-27-29-31-33-34-36-38-40-45-50-55-60-65-70-75-89(94)107-86(80-101-88(93)74-69-64-59-54-49-44-39-37-35-32-30-28-26-23-20-17-14-11-7-2)82-105-109(98,99)103-78-84(91)77-102-108(96,97)104-81-85(79-100-87(92)73-68-63-58-53-47-24-21-18-15-12-8-3)106-90(95)76-71-66-61-56-51-46-42-41-43-48-52-57-62-67-72-83(5)9-4/h83-86,91H,6-82H2,1-5H3,(H,96,97)(H,98,99)/t83?,84-,85+,86+/m0/s1. The van der Waals surface area contributed by atoms with Crippen molar-refractivity contribution in [2.45, 2.75) is 509 Å². The summed E-state index contributed by atoms with van der Waals surface area (Å²) in [5.41, 5.74) is 0. The highest BCUT2D eigenvalue weighted by Crippen LogP contribution is 2.45. The lowest BCUT2D eigenvalue weighted by Crippen LogP contribution is -2.30. The summed E-state index contributed by atoms with van der Waals surface area (Å²) in [6, 6.07) is 0. The number of aliphatic hydroxyl groups is 1. The summed E-state index contributed by atoms with van der Waals surface area (Å²) < 4.78 is 69.0. The Morgan fingerprint density at radius 3 is 0.651 bits per heavy atom. The van der Waals surface area contributed by atoms with Gasteiger partial charge in [0.15, 0.2) is 12.2 Å². The van der Waals surface area contributed by atoms with E-state index in [0.29, 0.717) is 25.7 Å². The third kappa shape index (κ3) is 82.4. The van der Waals surface area contributed by atoms with E-state index in [9.17, 15) is 43.2 Å². The van der Waals surface area contributed by atoms with Crippen molar-refractivity contribution in [1.29, 1.82) is 0 Å². The van der Waals surface area contributed by atoms with Gasteiger partial charge < -0.3 is 33.8 Å². The zero-order chi connectivity index (χ0) is 79.7. The molecule has 0 aromatic heterocycles. The molecular formula is C90H176O17P2. The van der Waals surface area contributed by atoms with Crippen LogP contribution >= 0.6 is 15.6 Å². The third-order valence-corrected chi connectivity index (χ3v) is 23.5. The molecule has 0 heterocycles. The lowest BCUT2D eigenvalue weighted by Gasteiger charge is -2.21. The van der Waals surface area contributed by atoms with Crippen LogP contribution in [0.3, 0.4) is 0 Å². The van der Waals surface area contributed by atoms with Crippen LogP contribution in [0.25, 0.3) is 0 Å². The predicted octanol–water partition coefficient (Wildman–Crippen LogP) is 27.9. The molecule has 3 N–H and O–H groups in total. The molecule has 3 unspecified atom stereocenters. The van der Waals surface area contributed by atoms with Crippen LogP contribution in [-0.4, -0.2) is 96.7 Å². The molecule has 19 heteroatoms. The smallest absolute Gasteiger partial charge is 0.462 e. The van der Waals surface area contributed by atoms with Crippen LogP contribution in [0, 0.1) is 5.92 Å². The second-order valence-electron chi connectivity index (χ2n) is 32.6. The number of rotatable bonds is 90. The molecule has 0 fully saturated rings. The molecule has 0 aliphatic carbocycles. The fraction of sp³-hybridized carbons (Fsp3) is 0.956. The van der Waals surface area contributed by atoms with E-state index in [2.05, 4.69) is 34.6 Å². The Hall–Kier alpha value is -1.94. The third-order valence-electron chi connectivity index (χ3n) is 21.6. The van der Waals surface area contributed by atoms with Crippen LogP contribution in [0.4, 0.5) is 0 Å². The second kappa shape index (κ2) is 82.6. The Morgan fingerprint density at radius 2 is 0.440 bits per heavy atom. The zero-order valence-electron chi connectivity index (χ0n) is 71.7. The van der Waals surface area contributed by atoms with E-state index in [1.165, 1.54) is 315 Å². The van der Waals surface area contributed by atoms with Crippen LogP contribution in [-0.2, 0) is 65.4 Å². The number of carbonyl (C=O) groups excluding carboxylic acids is 4. The highest BCUT2D eigenvalue weighted by atomic mass is 31.2. The first kappa shape index (κ1) is 107. The molecule has 0 saturated carbocycles. The number of hydrogen-bond donors (Lipinski definition) is 3. The maximum Gasteiger partial charge on any atom is 0.472 e. The highest BCUT2D eigenvalue weighted by molar-refractivity contribution is 7.47. The zero-order valence-corrected chi connectivity index (χ0v) is 73.5. The van der Waals surface area contributed by atoms with Crippen LogP contribution in [0.2, 0.25) is 0 Å². The lowest BCUT2D eigenvalue weighted by molar-refractivity contribution is -0.161. The number of phosphoric acid groups is 2. The van der Waals surface area contributed by atoms with E-state index in [0.717, 1.165) is 95.8 Å². The SMILES string of the molecule is CCCCCCCCCCCCCCCCCCCCCCCC(=O)O[C@H](COC(=O)CCCCCCCCCCCCCCCCCCCCC)COP(=O)(O)OC[C@@H](O)COP(=O)(O)OC[C@@H](COC(=O)CCCCCCCCCCCCC)OC(=O)CCCCCCCCCCCCCCCCC(C)CC. The minimum Gasteiger partial charge on any atom is -0.462 e. The summed E-state index contributed by atoms with van der Waals surface area (Å²) in [6.45, 7) is 7.44. The Morgan fingerprint density at radius 1 is 0.257 bits per heavy atom. The molecule has 0 rings (SSSR count). The number of carbonyl (C=O) groups is 4. The fourth-order valence-corrected chi connectivity index (χ4v) is 15.7. The first-order valence-electron chi connectivity index (χ1n) is 46.7. The Balaban J connectivity index is 5.23. The van der Waals surface area contributed by atoms with Crippen molar-refractivity contribution in [3.05, 3.63) is 0 Å². The summed E-state index contributed by atoms with van der Waals surface area (Å²) in [5.74, 6) is -1.25. The predicted molar refractivity (Wildman–Crippen MR) is 451 cm³/mol. The van der Waals surface area contributed by atoms with Crippen molar-refractivity contribution in [3.63, 3.8) is 0 Å². The number of esters is 4. The van der Waals surface area contributed by atoms with Crippen molar-refractivity contribution in [2.24, 2.45) is 5.92 Å². The van der Waals surface area contributed by atoms with Crippen LogP contribution in [0.15, 0.2) is 0 Å². The molecule has 0 amide bonds. The van der Waals surface area contributed by atoms with E-state index < -0.39 is 97.5 Å². The van der Waals surface area contributed by atoms with Crippen LogP contribution in [0.5, 0.6) is 0 Å². The molecule has 0 saturated heterocycles. The average Bonchev–Trinajstić information content (AvgIpc) is 0.899. The first-order valence-corrected chi connectivity index (χ1v) is 49.7.